The average Bonchev–Trinajstić information content (AvgIpc) is 2.47. The van der Waals surface area contributed by atoms with Crippen LogP contribution >= 0.6 is 11.6 Å². The zero-order valence-corrected chi connectivity index (χ0v) is 13.6. The quantitative estimate of drug-likeness (QED) is 0.837. The number of rotatable bonds is 5. The summed E-state index contributed by atoms with van der Waals surface area (Å²) in [5, 5.41) is 0.576. The van der Waals surface area contributed by atoms with Crippen molar-refractivity contribution in [2.24, 2.45) is 0 Å². The van der Waals surface area contributed by atoms with Crippen LogP contribution in [0.2, 0.25) is 5.02 Å². The van der Waals surface area contributed by atoms with Crippen molar-refractivity contribution in [2.75, 3.05) is 7.05 Å². The van der Waals surface area contributed by atoms with Gasteiger partial charge in [-0.2, -0.15) is 4.31 Å². The fraction of sp³-hybridized carbons (Fsp3) is 0.250. The molecule has 3 nitrogen and oxygen atoms in total. The molecule has 1 atom stereocenters. The molecule has 0 fully saturated rings. The van der Waals surface area contributed by atoms with Gasteiger partial charge in [-0.3, -0.25) is 0 Å². The highest BCUT2D eigenvalue weighted by molar-refractivity contribution is 7.88. The van der Waals surface area contributed by atoms with E-state index in [0.29, 0.717) is 5.02 Å². The third-order valence-corrected chi connectivity index (χ3v) is 5.77. The van der Waals surface area contributed by atoms with Crippen LogP contribution in [0.5, 0.6) is 0 Å². The highest BCUT2D eigenvalue weighted by Gasteiger charge is 2.25. The van der Waals surface area contributed by atoms with Gasteiger partial charge < -0.3 is 0 Å². The van der Waals surface area contributed by atoms with E-state index in [9.17, 15) is 8.42 Å². The van der Waals surface area contributed by atoms with Crippen molar-refractivity contribution in [1.82, 2.24) is 4.31 Å². The lowest BCUT2D eigenvalue weighted by molar-refractivity contribution is 0.398. The van der Waals surface area contributed by atoms with Gasteiger partial charge in [0.2, 0.25) is 10.0 Å². The topological polar surface area (TPSA) is 37.4 Å². The Labute approximate surface area is 131 Å². The average molecular weight is 324 g/mol. The summed E-state index contributed by atoms with van der Waals surface area (Å²) in [5.74, 6) is -0.0147. The monoisotopic (exact) mass is 323 g/mol. The second kappa shape index (κ2) is 6.60. The van der Waals surface area contributed by atoms with Gasteiger partial charge in [0, 0.05) is 18.1 Å². The maximum atomic E-state index is 12.5. The molecule has 0 aromatic heterocycles. The summed E-state index contributed by atoms with van der Waals surface area (Å²) < 4.78 is 26.4. The van der Waals surface area contributed by atoms with Crippen molar-refractivity contribution >= 4 is 21.6 Å². The van der Waals surface area contributed by atoms with Crippen molar-refractivity contribution in [2.45, 2.75) is 18.7 Å². The summed E-state index contributed by atoms with van der Waals surface area (Å²) in [4.78, 5) is 0. The lowest BCUT2D eigenvalue weighted by Crippen LogP contribution is -2.31. The first kappa shape index (κ1) is 16.0. The second-order valence-electron chi connectivity index (χ2n) is 4.96. The Kier molecular flexibility index (Phi) is 5.04. The molecular weight excluding hydrogens is 306 g/mol. The molecule has 2 aromatic rings. The van der Waals surface area contributed by atoms with Gasteiger partial charge in [-0.25, -0.2) is 8.42 Å². The lowest BCUT2D eigenvalue weighted by atomic mass is 10.1. The van der Waals surface area contributed by atoms with Gasteiger partial charge >= 0.3 is 0 Å². The van der Waals surface area contributed by atoms with E-state index < -0.39 is 10.0 Å². The lowest BCUT2D eigenvalue weighted by Gasteiger charge is -2.25. The number of sulfonamides is 1. The van der Waals surface area contributed by atoms with Crippen molar-refractivity contribution in [3.63, 3.8) is 0 Å². The van der Waals surface area contributed by atoms with E-state index in [1.165, 1.54) is 4.31 Å². The molecule has 0 bridgehead atoms. The SMILES string of the molecule is C[C@H](c1ccccc1Cl)N(C)S(=O)(=O)Cc1ccccc1. The summed E-state index contributed by atoms with van der Waals surface area (Å²) in [6.07, 6.45) is 0. The molecule has 0 radical (unpaired) electrons. The van der Waals surface area contributed by atoms with Crippen LogP contribution in [0.3, 0.4) is 0 Å². The molecule has 0 N–H and O–H groups in total. The zero-order chi connectivity index (χ0) is 15.5. The van der Waals surface area contributed by atoms with E-state index in [-0.39, 0.29) is 11.8 Å². The Balaban J connectivity index is 2.22. The highest BCUT2D eigenvalue weighted by atomic mass is 35.5. The second-order valence-corrected chi connectivity index (χ2v) is 7.39. The predicted molar refractivity (Wildman–Crippen MR) is 86.7 cm³/mol. The number of hydrogen-bond donors (Lipinski definition) is 0. The minimum Gasteiger partial charge on any atom is -0.212 e. The summed E-state index contributed by atoms with van der Waals surface area (Å²) >= 11 is 6.15. The number of nitrogens with zero attached hydrogens (tertiary/aromatic N) is 1. The van der Waals surface area contributed by atoms with E-state index in [1.807, 2.05) is 55.5 Å². The maximum absolute atomic E-state index is 12.5. The first-order valence-corrected chi connectivity index (χ1v) is 8.64. The van der Waals surface area contributed by atoms with Crippen LogP contribution in [0.25, 0.3) is 0 Å². The fourth-order valence-electron chi connectivity index (χ4n) is 2.14. The highest BCUT2D eigenvalue weighted by Crippen LogP contribution is 2.28. The first-order valence-electron chi connectivity index (χ1n) is 6.66. The first-order chi connectivity index (χ1) is 9.92. The van der Waals surface area contributed by atoms with Gasteiger partial charge in [0.25, 0.3) is 0 Å². The molecule has 21 heavy (non-hydrogen) atoms. The van der Waals surface area contributed by atoms with Gasteiger partial charge in [0.05, 0.1) is 5.75 Å². The zero-order valence-electron chi connectivity index (χ0n) is 12.0. The molecule has 0 unspecified atom stereocenters. The smallest absolute Gasteiger partial charge is 0.212 e. The van der Waals surface area contributed by atoms with Crippen LogP contribution in [0, 0.1) is 0 Å². The minimum absolute atomic E-state index is 0.0147. The summed E-state index contributed by atoms with van der Waals surface area (Å²) in [7, 11) is -1.81. The van der Waals surface area contributed by atoms with Gasteiger partial charge in [-0.05, 0) is 24.1 Å². The van der Waals surface area contributed by atoms with Crippen molar-refractivity contribution in [1.29, 1.82) is 0 Å². The summed E-state index contributed by atoms with van der Waals surface area (Å²) in [6, 6.07) is 16.2. The summed E-state index contributed by atoms with van der Waals surface area (Å²) in [5.41, 5.74) is 1.58. The van der Waals surface area contributed by atoms with Gasteiger partial charge in [-0.1, -0.05) is 60.1 Å². The van der Waals surface area contributed by atoms with Crippen molar-refractivity contribution < 1.29 is 8.42 Å². The molecule has 0 aliphatic heterocycles. The standard InChI is InChI=1S/C16H18ClNO2S/c1-13(15-10-6-7-11-16(15)17)18(2)21(19,20)12-14-8-4-3-5-9-14/h3-11,13H,12H2,1-2H3/t13-/m1/s1. The van der Waals surface area contributed by atoms with Crippen molar-refractivity contribution in [3.05, 3.63) is 70.7 Å². The van der Waals surface area contributed by atoms with Crippen LogP contribution in [0.1, 0.15) is 24.1 Å². The van der Waals surface area contributed by atoms with Crippen LogP contribution in [-0.2, 0) is 15.8 Å². The van der Waals surface area contributed by atoms with Crippen LogP contribution in [0.15, 0.2) is 54.6 Å². The Morgan fingerprint density at radius 1 is 1.05 bits per heavy atom. The molecule has 5 heteroatoms. The van der Waals surface area contributed by atoms with E-state index >= 15 is 0 Å². The van der Waals surface area contributed by atoms with E-state index in [2.05, 4.69) is 0 Å². The third-order valence-electron chi connectivity index (χ3n) is 3.53. The Morgan fingerprint density at radius 3 is 2.24 bits per heavy atom. The molecule has 2 aromatic carbocycles. The molecular formula is C16H18ClNO2S. The van der Waals surface area contributed by atoms with Gasteiger partial charge in [0.1, 0.15) is 0 Å². The van der Waals surface area contributed by atoms with E-state index in [1.54, 1.807) is 13.1 Å². The minimum atomic E-state index is -3.40. The van der Waals surface area contributed by atoms with Crippen molar-refractivity contribution in [3.8, 4) is 0 Å². The van der Waals surface area contributed by atoms with Crippen LogP contribution in [-0.4, -0.2) is 19.8 Å². The van der Waals surface area contributed by atoms with E-state index in [4.69, 9.17) is 11.6 Å². The number of hydrogen-bond acceptors (Lipinski definition) is 2. The van der Waals surface area contributed by atoms with Crippen LogP contribution in [0.4, 0.5) is 0 Å². The number of halogens is 1. The molecule has 0 saturated heterocycles. The Bertz CT molecular complexity index is 701. The van der Waals surface area contributed by atoms with E-state index in [0.717, 1.165) is 11.1 Å². The predicted octanol–water partition coefficient (Wildman–Crippen LogP) is 3.86. The van der Waals surface area contributed by atoms with Crippen LogP contribution < -0.4 is 0 Å². The molecule has 2 rings (SSSR count). The normalized spacial score (nSPS) is 13.3. The molecule has 0 aliphatic carbocycles. The molecule has 0 heterocycles. The van der Waals surface area contributed by atoms with Gasteiger partial charge in [-0.15, -0.1) is 0 Å². The molecule has 112 valence electrons. The Morgan fingerprint density at radius 2 is 1.62 bits per heavy atom. The largest absolute Gasteiger partial charge is 0.218 e. The molecule has 0 spiro atoms. The molecule has 0 aliphatic rings. The Hall–Kier alpha value is -1.36. The summed E-state index contributed by atoms with van der Waals surface area (Å²) in [6.45, 7) is 1.84. The molecule has 0 amide bonds. The maximum Gasteiger partial charge on any atom is 0.218 e. The third kappa shape index (κ3) is 3.84. The molecule has 0 saturated carbocycles. The number of benzene rings is 2. The fourth-order valence-corrected chi connectivity index (χ4v) is 3.84. The van der Waals surface area contributed by atoms with Gasteiger partial charge in [0.15, 0.2) is 0 Å².